The monoisotopic (exact) mass is 416 g/mol. The first-order chi connectivity index (χ1) is 14.9. The second-order valence-corrected chi connectivity index (χ2v) is 7.15. The highest BCUT2D eigenvalue weighted by molar-refractivity contribution is 6.38. The molecule has 9 nitrogen and oxygen atoms in total. The minimum absolute atomic E-state index is 0.139. The molecule has 9 heteroatoms. The van der Waals surface area contributed by atoms with Gasteiger partial charge < -0.3 is 11.1 Å². The van der Waals surface area contributed by atoms with E-state index in [2.05, 4.69) is 20.6 Å². The Bertz CT molecular complexity index is 1270. The van der Waals surface area contributed by atoms with Crippen LogP contribution in [0, 0.1) is 0 Å². The summed E-state index contributed by atoms with van der Waals surface area (Å²) in [5, 5.41) is 14.9. The van der Waals surface area contributed by atoms with E-state index in [0.29, 0.717) is 11.3 Å². The van der Waals surface area contributed by atoms with E-state index in [4.69, 9.17) is 5.73 Å². The number of carbonyl (C=O) groups excluding carboxylic acids is 3. The quantitative estimate of drug-likeness (QED) is 0.391. The molecule has 2 amide bonds. The Balaban J connectivity index is 1.68. The first kappa shape index (κ1) is 20.0. The van der Waals surface area contributed by atoms with Gasteiger partial charge in [-0.15, -0.1) is 0 Å². The lowest BCUT2D eigenvalue weighted by atomic mass is 10.0. The number of para-hydroxylation sites is 1. The van der Waals surface area contributed by atoms with Crippen LogP contribution >= 0.6 is 0 Å². The summed E-state index contributed by atoms with van der Waals surface area (Å²) in [6.07, 6.45) is 3.39. The predicted octanol–water partition coefficient (Wildman–Crippen LogP) is 1.36. The highest BCUT2D eigenvalue weighted by atomic mass is 16.2. The predicted molar refractivity (Wildman–Crippen MR) is 114 cm³/mol. The van der Waals surface area contributed by atoms with Crippen molar-refractivity contribution >= 4 is 28.5 Å². The Morgan fingerprint density at radius 2 is 1.90 bits per heavy atom. The molecule has 0 aliphatic carbocycles. The molecule has 1 atom stereocenters. The zero-order valence-corrected chi connectivity index (χ0v) is 16.7. The Morgan fingerprint density at radius 1 is 1.13 bits per heavy atom. The lowest BCUT2D eigenvalue weighted by molar-refractivity contribution is -0.137. The van der Waals surface area contributed by atoms with Gasteiger partial charge in [0, 0.05) is 30.6 Å². The van der Waals surface area contributed by atoms with Gasteiger partial charge in [0.1, 0.15) is 11.7 Å². The molecule has 4 aromatic rings. The maximum absolute atomic E-state index is 13.2. The van der Waals surface area contributed by atoms with Crippen molar-refractivity contribution in [2.24, 2.45) is 12.8 Å². The molecule has 1 unspecified atom stereocenters. The second-order valence-electron chi connectivity index (χ2n) is 7.15. The number of nitrogens with one attached hydrogen (secondary N) is 2. The molecule has 0 spiro atoms. The minimum Gasteiger partial charge on any atom is -0.363 e. The van der Waals surface area contributed by atoms with Crippen LogP contribution < -0.4 is 11.1 Å². The van der Waals surface area contributed by atoms with Crippen molar-refractivity contribution in [1.82, 2.24) is 25.3 Å². The number of aromatic nitrogens is 4. The van der Waals surface area contributed by atoms with Crippen LogP contribution in [-0.2, 0) is 23.1 Å². The molecule has 0 saturated carbocycles. The molecule has 4 rings (SSSR count). The fourth-order valence-corrected chi connectivity index (χ4v) is 3.49. The Kier molecular flexibility index (Phi) is 5.31. The van der Waals surface area contributed by atoms with E-state index < -0.39 is 23.6 Å². The maximum atomic E-state index is 13.2. The number of amides is 2. The third kappa shape index (κ3) is 4.06. The van der Waals surface area contributed by atoms with Crippen LogP contribution in [0.25, 0.3) is 22.2 Å². The van der Waals surface area contributed by atoms with Gasteiger partial charge in [0.05, 0.1) is 17.3 Å². The fourth-order valence-electron chi connectivity index (χ4n) is 3.49. The van der Waals surface area contributed by atoms with Crippen LogP contribution in [0.2, 0.25) is 0 Å². The summed E-state index contributed by atoms with van der Waals surface area (Å²) in [7, 11) is 1.70. The van der Waals surface area contributed by atoms with Gasteiger partial charge in [-0.1, -0.05) is 48.5 Å². The maximum Gasteiger partial charge on any atom is 0.287 e. The van der Waals surface area contributed by atoms with Crippen LogP contribution in [-0.4, -0.2) is 43.6 Å². The molecule has 0 bridgehead atoms. The topological polar surface area (TPSA) is 136 Å². The van der Waals surface area contributed by atoms with E-state index in [1.54, 1.807) is 19.4 Å². The molecule has 0 radical (unpaired) electrons. The van der Waals surface area contributed by atoms with Crippen molar-refractivity contribution in [3.05, 3.63) is 72.1 Å². The molecule has 156 valence electrons. The third-order valence-corrected chi connectivity index (χ3v) is 4.95. The molecule has 31 heavy (non-hydrogen) atoms. The summed E-state index contributed by atoms with van der Waals surface area (Å²) in [4.78, 5) is 37.1. The summed E-state index contributed by atoms with van der Waals surface area (Å²) >= 11 is 0. The SMILES string of the molecule is Cn1cc(C(=O)NC(Cc2ccccc2)C(=O)C(N)=O)c(-c2cccc3cn[nH]c23)n1. The van der Waals surface area contributed by atoms with E-state index in [1.165, 1.54) is 4.68 Å². The highest BCUT2D eigenvalue weighted by Crippen LogP contribution is 2.28. The molecule has 0 aliphatic rings. The molecule has 2 aromatic carbocycles. The highest BCUT2D eigenvalue weighted by Gasteiger charge is 2.28. The zero-order chi connectivity index (χ0) is 22.0. The summed E-state index contributed by atoms with van der Waals surface area (Å²) in [6.45, 7) is 0. The number of fused-ring (bicyclic) bond motifs is 1. The molecule has 0 aliphatic heterocycles. The normalized spacial score (nSPS) is 11.9. The Labute approximate surface area is 177 Å². The number of carbonyl (C=O) groups is 3. The number of hydrogen-bond donors (Lipinski definition) is 3. The number of rotatable bonds is 7. The van der Waals surface area contributed by atoms with Crippen LogP contribution in [0.3, 0.4) is 0 Å². The van der Waals surface area contributed by atoms with Crippen molar-refractivity contribution in [3.63, 3.8) is 0 Å². The van der Waals surface area contributed by atoms with Gasteiger partial charge in [0.25, 0.3) is 11.8 Å². The number of aromatic amines is 1. The van der Waals surface area contributed by atoms with Gasteiger partial charge in [-0.25, -0.2) is 0 Å². The summed E-state index contributed by atoms with van der Waals surface area (Å²) in [6, 6.07) is 13.6. The average Bonchev–Trinajstić information content (AvgIpc) is 3.39. The molecule has 4 N–H and O–H groups in total. The van der Waals surface area contributed by atoms with E-state index in [1.807, 2.05) is 48.5 Å². The van der Waals surface area contributed by atoms with Gasteiger partial charge in [-0.3, -0.25) is 24.2 Å². The second kappa shape index (κ2) is 8.23. The molecular formula is C22H20N6O3. The van der Waals surface area contributed by atoms with Crippen molar-refractivity contribution < 1.29 is 14.4 Å². The van der Waals surface area contributed by atoms with Crippen molar-refractivity contribution in [1.29, 1.82) is 0 Å². The van der Waals surface area contributed by atoms with E-state index in [9.17, 15) is 14.4 Å². The fraction of sp³-hybridized carbons (Fsp3) is 0.136. The summed E-state index contributed by atoms with van der Waals surface area (Å²) in [5.74, 6) is -2.50. The van der Waals surface area contributed by atoms with Crippen molar-refractivity contribution in [2.45, 2.75) is 12.5 Å². The summed E-state index contributed by atoms with van der Waals surface area (Å²) in [5.41, 5.74) is 8.13. The first-order valence-electron chi connectivity index (χ1n) is 9.58. The van der Waals surface area contributed by atoms with Crippen LogP contribution in [0.1, 0.15) is 15.9 Å². The number of H-pyrrole nitrogens is 1. The van der Waals surface area contributed by atoms with E-state index in [0.717, 1.165) is 16.5 Å². The molecular weight excluding hydrogens is 396 g/mol. The number of nitrogens with zero attached hydrogens (tertiary/aromatic N) is 3. The van der Waals surface area contributed by atoms with Gasteiger partial charge in [0.15, 0.2) is 0 Å². The van der Waals surface area contributed by atoms with Crippen LogP contribution in [0.5, 0.6) is 0 Å². The number of primary amides is 1. The minimum atomic E-state index is -1.10. The molecule has 0 saturated heterocycles. The van der Waals surface area contributed by atoms with Gasteiger partial charge in [-0.2, -0.15) is 10.2 Å². The number of ketones is 1. The van der Waals surface area contributed by atoms with Crippen molar-refractivity contribution in [2.75, 3.05) is 0 Å². The van der Waals surface area contributed by atoms with Gasteiger partial charge >= 0.3 is 0 Å². The van der Waals surface area contributed by atoms with E-state index in [-0.39, 0.29) is 12.0 Å². The number of aryl methyl sites for hydroxylation is 1. The molecule has 0 fully saturated rings. The lowest BCUT2D eigenvalue weighted by Gasteiger charge is -2.16. The average molecular weight is 416 g/mol. The standard InChI is InChI=1S/C22H20N6O3/c1-28-12-16(19(27-28)15-9-5-8-14-11-24-26-18(14)15)22(31)25-17(20(29)21(23)30)10-13-6-3-2-4-7-13/h2-9,11-12,17H,10H2,1H3,(H2,23,30)(H,24,26)(H,25,31). The largest absolute Gasteiger partial charge is 0.363 e. The summed E-state index contributed by atoms with van der Waals surface area (Å²) < 4.78 is 1.52. The van der Waals surface area contributed by atoms with Crippen LogP contribution in [0.15, 0.2) is 60.9 Å². The van der Waals surface area contributed by atoms with Crippen molar-refractivity contribution in [3.8, 4) is 11.3 Å². The number of hydrogen-bond acceptors (Lipinski definition) is 5. The lowest BCUT2D eigenvalue weighted by Crippen LogP contribution is -2.47. The zero-order valence-electron chi connectivity index (χ0n) is 16.7. The molecule has 2 heterocycles. The number of nitrogens with two attached hydrogens (primary N) is 1. The Hall–Kier alpha value is -4.27. The van der Waals surface area contributed by atoms with Gasteiger partial charge in [-0.05, 0) is 5.56 Å². The third-order valence-electron chi connectivity index (χ3n) is 4.95. The molecule has 2 aromatic heterocycles. The van der Waals surface area contributed by atoms with Crippen LogP contribution in [0.4, 0.5) is 0 Å². The Morgan fingerprint density at radius 3 is 2.65 bits per heavy atom. The van der Waals surface area contributed by atoms with E-state index >= 15 is 0 Å². The number of benzene rings is 2. The van der Waals surface area contributed by atoms with Gasteiger partial charge in [0.2, 0.25) is 5.78 Å². The number of Topliss-reactive ketones (excluding diaryl/α,β-unsaturated/α-hetero) is 1. The smallest absolute Gasteiger partial charge is 0.287 e. The first-order valence-corrected chi connectivity index (χ1v) is 9.58.